The summed E-state index contributed by atoms with van der Waals surface area (Å²) < 4.78 is 41.6. The van der Waals surface area contributed by atoms with Crippen LogP contribution in [0.4, 0.5) is 18.0 Å². The van der Waals surface area contributed by atoms with E-state index in [0.717, 1.165) is 12.1 Å². The van der Waals surface area contributed by atoms with Crippen LogP contribution in [-0.4, -0.2) is 5.43 Å². The average molecular weight is 250 g/mol. The highest BCUT2D eigenvalue weighted by Crippen LogP contribution is 2.36. The molecule has 0 fully saturated rings. The number of nitrogens with zero attached hydrogens (tertiary/aromatic N) is 1. The van der Waals surface area contributed by atoms with Crippen molar-refractivity contribution in [2.24, 2.45) is 0 Å². The molecule has 84 valence electrons. The fraction of sp³-hybridized carbons (Fsp3) is 0.111. The van der Waals surface area contributed by atoms with Gasteiger partial charge in [-0.3, -0.25) is 0 Å². The normalized spacial score (nSPS) is 10.7. The Morgan fingerprint density at radius 1 is 1.44 bits per heavy atom. The minimum Gasteiger partial charge on any atom is -0.414 e. The first-order chi connectivity index (χ1) is 7.34. The Morgan fingerprint density at radius 2 is 2.06 bits per heavy atom. The van der Waals surface area contributed by atoms with Crippen molar-refractivity contribution in [2.45, 2.75) is 6.18 Å². The van der Waals surface area contributed by atoms with Crippen molar-refractivity contribution in [3.63, 3.8) is 0 Å². The fourth-order valence-corrected chi connectivity index (χ4v) is 1.08. The summed E-state index contributed by atoms with van der Waals surface area (Å²) in [5, 5.41) is 8.45. The van der Waals surface area contributed by atoms with Gasteiger partial charge in [0.25, 0.3) is 0 Å². The molecular formula is C9H3ClF3NO2. The standard InChI is InChI=1S/C9H3ClF3NO2/c10-8(15)16-7-2-1-5(4-14)3-6(7)9(11,12)13/h1-3H. The molecule has 0 saturated carbocycles. The molecule has 1 aromatic carbocycles. The van der Waals surface area contributed by atoms with E-state index < -0.39 is 22.9 Å². The van der Waals surface area contributed by atoms with Crippen molar-refractivity contribution in [1.29, 1.82) is 5.26 Å². The second kappa shape index (κ2) is 4.41. The van der Waals surface area contributed by atoms with Crippen LogP contribution in [-0.2, 0) is 6.18 Å². The molecule has 0 aliphatic rings. The number of benzene rings is 1. The highest BCUT2D eigenvalue weighted by Gasteiger charge is 2.35. The Kier molecular flexibility index (Phi) is 3.40. The molecule has 7 heteroatoms. The van der Waals surface area contributed by atoms with E-state index in [-0.39, 0.29) is 5.56 Å². The van der Waals surface area contributed by atoms with Gasteiger partial charge in [-0.2, -0.15) is 18.4 Å². The van der Waals surface area contributed by atoms with E-state index in [4.69, 9.17) is 16.9 Å². The second-order valence-electron chi connectivity index (χ2n) is 2.66. The van der Waals surface area contributed by atoms with Crippen LogP contribution < -0.4 is 4.74 Å². The molecule has 0 amide bonds. The van der Waals surface area contributed by atoms with E-state index in [1.807, 2.05) is 0 Å². The average Bonchev–Trinajstić information content (AvgIpc) is 2.15. The molecule has 0 radical (unpaired) electrons. The molecule has 16 heavy (non-hydrogen) atoms. The molecule has 0 aliphatic heterocycles. The van der Waals surface area contributed by atoms with Gasteiger partial charge in [-0.15, -0.1) is 0 Å². The van der Waals surface area contributed by atoms with Crippen molar-refractivity contribution in [3.8, 4) is 11.8 Å². The SMILES string of the molecule is N#Cc1ccc(OC(=O)Cl)c(C(F)(F)F)c1. The number of hydrogen-bond acceptors (Lipinski definition) is 3. The molecule has 0 bridgehead atoms. The maximum Gasteiger partial charge on any atom is 0.420 e. The van der Waals surface area contributed by atoms with Gasteiger partial charge in [-0.25, -0.2) is 4.79 Å². The van der Waals surface area contributed by atoms with Gasteiger partial charge in [-0.1, -0.05) is 0 Å². The summed E-state index contributed by atoms with van der Waals surface area (Å²) in [5.74, 6) is -0.730. The number of nitriles is 1. The van der Waals surface area contributed by atoms with E-state index in [1.165, 1.54) is 0 Å². The molecule has 0 aromatic heterocycles. The molecule has 0 heterocycles. The molecule has 0 unspecified atom stereocenters. The molecule has 1 rings (SSSR count). The summed E-state index contributed by atoms with van der Waals surface area (Å²) in [7, 11) is 0. The largest absolute Gasteiger partial charge is 0.420 e. The van der Waals surface area contributed by atoms with Gasteiger partial charge in [0.1, 0.15) is 5.75 Å². The zero-order chi connectivity index (χ0) is 12.3. The van der Waals surface area contributed by atoms with Gasteiger partial charge in [0.2, 0.25) is 0 Å². The molecule has 1 aromatic rings. The summed E-state index contributed by atoms with van der Waals surface area (Å²) in [6.07, 6.45) is -4.73. The lowest BCUT2D eigenvalue weighted by molar-refractivity contribution is -0.138. The first-order valence-corrected chi connectivity index (χ1v) is 4.21. The van der Waals surface area contributed by atoms with Crippen LogP contribution in [0.25, 0.3) is 0 Å². The second-order valence-corrected chi connectivity index (χ2v) is 2.97. The van der Waals surface area contributed by atoms with Crippen LogP contribution >= 0.6 is 11.6 Å². The predicted molar refractivity (Wildman–Crippen MR) is 48.0 cm³/mol. The third-order valence-corrected chi connectivity index (χ3v) is 1.68. The lowest BCUT2D eigenvalue weighted by Gasteiger charge is -2.11. The number of ether oxygens (including phenoxy) is 1. The number of rotatable bonds is 1. The first kappa shape index (κ1) is 12.3. The number of hydrogen-bond donors (Lipinski definition) is 0. The van der Waals surface area contributed by atoms with E-state index in [1.54, 1.807) is 6.07 Å². The van der Waals surface area contributed by atoms with E-state index in [0.29, 0.717) is 6.07 Å². The van der Waals surface area contributed by atoms with Crippen molar-refractivity contribution in [3.05, 3.63) is 29.3 Å². The molecule has 0 N–H and O–H groups in total. The Hall–Kier alpha value is -1.74. The predicted octanol–water partition coefficient (Wildman–Crippen LogP) is 3.31. The number of carbonyl (C=O) groups excluding carboxylic acids is 1. The Balaban J connectivity index is 3.28. The molecule has 0 saturated heterocycles. The van der Waals surface area contributed by atoms with E-state index >= 15 is 0 Å². The smallest absolute Gasteiger partial charge is 0.414 e. The van der Waals surface area contributed by atoms with Crippen molar-refractivity contribution in [1.82, 2.24) is 0 Å². The molecule has 0 aliphatic carbocycles. The lowest BCUT2D eigenvalue weighted by Crippen LogP contribution is -2.10. The minimum absolute atomic E-state index is 0.193. The lowest BCUT2D eigenvalue weighted by atomic mass is 10.1. The highest BCUT2D eigenvalue weighted by atomic mass is 35.5. The van der Waals surface area contributed by atoms with Crippen molar-refractivity contribution >= 4 is 17.0 Å². The topological polar surface area (TPSA) is 50.1 Å². The van der Waals surface area contributed by atoms with Crippen molar-refractivity contribution in [2.75, 3.05) is 0 Å². The number of halogens is 4. The van der Waals surface area contributed by atoms with Crippen LogP contribution in [0.2, 0.25) is 0 Å². The van der Waals surface area contributed by atoms with Gasteiger partial charge < -0.3 is 4.74 Å². The molecule has 3 nitrogen and oxygen atoms in total. The summed E-state index contributed by atoms with van der Waals surface area (Å²) in [6.45, 7) is 0. The minimum atomic E-state index is -4.73. The maximum atomic E-state index is 12.5. The zero-order valence-corrected chi connectivity index (χ0v) is 8.26. The Labute approximate surface area is 93.0 Å². The summed E-state index contributed by atoms with van der Waals surface area (Å²) in [5.41, 5.74) is -2.79. The zero-order valence-electron chi connectivity index (χ0n) is 7.51. The third kappa shape index (κ3) is 2.87. The summed E-state index contributed by atoms with van der Waals surface area (Å²) >= 11 is 4.81. The van der Waals surface area contributed by atoms with Crippen LogP contribution in [0.5, 0.6) is 5.75 Å². The monoisotopic (exact) mass is 249 g/mol. The van der Waals surface area contributed by atoms with Crippen LogP contribution in [0, 0.1) is 11.3 Å². The van der Waals surface area contributed by atoms with E-state index in [2.05, 4.69) is 4.74 Å². The number of alkyl halides is 3. The highest BCUT2D eigenvalue weighted by molar-refractivity contribution is 6.61. The van der Waals surface area contributed by atoms with E-state index in [9.17, 15) is 18.0 Å². The maximum absolute atomic E-state index is 12.5. The summed E-state index contributed by atoms with van der Waals surface area (Å²) in [4.78, 5) is 10.4. The summed E-state index contributed by atoms with van der Waals surface area (Å²) in [6, 6.07) is 4.08. The van der Waals surface area contributed by atoms with Gasteiger partial charge >= 0.3 is 11.6 Å². The fourth-order valence-electron chi connectivity index (χ4n) is 0.997. The van der Waals surface area contributed by atoms with Crippen LogP contribution in [0.1, 0.15) is 11.1 Å². The first-order valence-electron chi connectivity index (χ1n) is 3.83. The Bertz CT molecular complexity index is 465. The van der Waals surface area contributed by atoms with Gasteiger partial charge in [0.05, 0.1) is 17.2 Å². The van der Waals surface area contributed by atoms with Crippen molar-refractivity contribution < 1.29 is 22.7 Å². The van der Waals surface area contributed by atoms with Crippen LogP contribution in [0.3, 0.4) is 0 Å². The molecular weight excluding hydrogens is 247 g/mol. The quantitative estimate of drug-likeness (QED) is 0.718. The van der Waals surface area contributed by atoms with Gasteiger partial charge in [0.15, 0.2) is 0 Å². The van der Waals surface area contributed by atoms with Crippen LogP contribution in [0.15, 0.2) is 18.2 Å². The molecule has 0 atom stereocenters. The van der Waals surface area contributed by atoms with Gasteiger partial charge in [0, 0.05) is 11.6 Å². The number of carbonyl (C=O) groups is 1. The molecule has 0 spiro atoms. The third-order valence-electron chi connectivity index (χ3n) is 1.60. The Morgan fingerprint density at radius 3 is 2.50 bits per heavy atom. The van der Waals surface area contributed by atoms with Gasteiger partial charge in [-0.05, 0) is 18.2 Å².